The van der Waals surface area contributed by atoms with Crippen LogP contribution in [-0.2, 0) is 0 Å². The minimum absolute atomic E-state index is 0.212. The van der Waals surface area contributed by atoms with Gasteiger partial charge in [-0.25, -0.2) is 0 Å². The van der Waals surface area contributed by atoms with Crippen LogP contribution in [0.2, 0.25) is 0 Å². The molecule has 0 N–H and O–H groups in total. The van der Waals surface area contributed by atoms with E-state index in [1.165, 1.54) is 0 Å². The maximum Gasteiger partial charge on any atom is 0.178 e. The molecule has 3 rings (SSSR count). The largest absolute Gasteiger partial charge is 0.178 e. The molecular weight excluding hydrogens is 546 g/mol. The minimum atomic E-state index is -2.09. The van der Waals surface area contributed by atoms with Gasteiger partial charge in [-0.15, -0.1) is 46.4 Å². The minimum Gasteiger partial charge on any atom is -0.111 e. The third-order valence-electron chi connectivity index (χ3n) is 4.29. The average molecular weight is 546 g/mol. The highest BCUT2D eigenvalue weighted by Gasteiger charge is 2.99. The van der Waals surface area contributed by atoms with E-state index in [2.05, 4.69) is 0 Å². The first-order chi connectivity index (χ1) is 9.63. The van der Waals surface area contributed by atoms with Crippen molar-refractivity contribution < 1.29 is 0 Å². The van der Waals surface area contributed by atoms with Crippen LogP contribution >= 0.6 is 139 Å². The first kappa shape index (κ1) is 19.7. The molecule has 0 spiro atoms. The van der Waals surface area contributed by atoms with Gasteiger partial charge in [0.2, 0.25) is 0 Å². The predicted octanol–water partition coefficient (Wildman–Crippen LogP) is 7.66. The van der Waals surface area contributed by atoms with Crippen LogP contribution in [0.1, 0.15) is 0 Å². The molecule has 0 saturated heterocycles. The summed E-state index contributed by atoms with van der Waals surface area (Å²) in [6.45, 7) is 0. The zero-order valence-corrected chi connectivity index (χ0v) is 18.6. The van der Waals surface area contributed by atoms with Crippen molar-refractivity contribution in [3.63, 3.8) is 0 Å². The second-order valence-corrected chi connectivity index (χ2v) is 11.5. The first-order valence-electron chi connectivity index (χ1n) is 5.27. The molecule has 0 nitrogen and oxygen atoms in total. The quantitative estimate of drug-likeness (QED) is 0.274. The van der Waals surface area contributed by atoms with Gasteiger partial charge in [0.05, 0.1) is 20.1 Å². The fourth-order valence-corrected chi connectivity index (χ4v) is 9.84. The Morgan fingerprint density at radius 1 is 0.455 bits per heavy atom. The van der Waals surface area contributed by atoms with Crippen molar-refractivity contribution in [2.24, 2.45) is 0 Å². The van der Waals surface area contributed by atoms with Crippen LogP contribution in [0, 0.1) is 0 Å². The lowest BCUT2D eigenvalue weighted by Gasteiger charge is -2.48. The Bertz CT molecular complexity index is 677. The predicted molar refractivity (Wildman–Crippen MR) is 101 cm³/mol. The number of fused-ring (bicyclic) bond motifs is 5. The lowest BCUT2D eigenvalue weighted by Crippen LogP contribution is -2.64. The summed E-state index contributed by atoms with van der Waals surface area (Å²) in [5.41, 5.74) is 0. The standard InChI is InChI=1S/C10Cl12/c11-1-2(12)7(17)9(20)5(15,6(1,16)10(7,21)22)3(13)4(14)8(9,18)19/t5-,6-,7+,9-/m0/s1. The summed E-state index contributed by atoms with van der Waals surface area (Å²) in [7, 11) is 0. The molecule has 4 atom stereocenters. The lowest BCUT2D eigenvalue weighted by molar-refractivity contribution is 0.460. The van der Waals surface area contributed by atoms with E-state index in [4.69, 9.17) is 139 Å². The summed E-state index contributed by atoms with van der Waals surface area (Å²) in [6.07, 6.45) is 0. The number of hydrogen-bond acceptors (Lipinski definition) is 0. The highest BCUT2D eigenvalue weighted by atomic mass is 35.5. The summed E-state index contributed by atoms with van der Waals surface area (Å²) < 4.78 is -4.17. The molecule has 0 radical (unpaired) electrons. The molecule has 22 heavy (non-hydrogen) atoms. The molecule has 0 aromatic rings. The molecule has 0 unspecified atom stereocenters. The number of alkyl halides is 8. The van der Waals surface area contributed by atoms with Crippen molar-refractivity contribution in [3.8, 4) is 0 Å². The zero-order valence-electron chi connectivity index (χ0n) is 9.54. The summed E-state index contributed by atoms with van der Waals surface area (Å²) in [5.74, 6) is 0. The van der Waals surface area contributed by atoms with Crippen molar-refractivity contribution in [2.45, 2.75) is 28.2 Å². The van der Waals surface area contributed by atoms with Gasteiger partial charge in [0.25, 0.3) is 0 Å². The summed E-state index contributed by atoms with van der Waals surface area (Å²) in [4.78, 5) is -8.18. The van der Waals surface area contributed by atoms with Gasteiger partial charge >= 0.3 is 0 Å². The number of halogens is 12. The van der Waals surface area contributed by atoms with E-state index in [1.54, 1.807) is 0 Å². The van der Waals surface area contributed by atoms with E-state index in [0.717, 1.165) is 0 Å². The van der Waals surface area contributed by atoms with Gasteiger partial charge in [-0.1, -0.05) is 92.8 Å². The Kier molecular flexibility index (Phi) is 4.36. The van der Waals surface area contributed by atoms with Crippen molar-refractivity contribution in [1.29, 1.82) is 0 Å². The third kappa shape index (κ3) is 1.40. The molecule has 2 bridgehead atoms. The number of hydrogen-bond donors (Lipinski definition) is 0. The second-order valence-electron chi connectivity index (χ2n) is 5.04. The average Bonchev–Trinajstić information content (AvgIpc) is 2.65. The number of allylic oxidation sites excluding steroid dienone is 4. The van der Waals surface area contributed by atoms with Gasteiger partial charge in [-0.2, -0.15) is 0 Å². The second kappa shape index (κ2) is 4.86. The van der Waals surface area contributed by atoms with Crippen LogP contribution in [0.15, 0.2) is 20.1 Å². The maximum atomic E-state index is 6.69. The Morgan fingerprint density at radius 3 is 1.27 bits per heavy atom. The van der Waals surface area contributed by atoms with Crippen LogP contribution in [0.4, 0.5) is 0 Å². The fourth-order valence-electron chi connectivity index (χ4n) is 3.20. The smallest absolute Gasteiger partial charge is 0.111 e. The molecule has 0 aliphatic heterocycles. The fraction of sp³-hybridized carbons (Fsp3) is 0.600. The maximum absolute atomic E-state index is 6.69. The van der Waals surface area contributed by atoms with Gasteiger partial charge in [0.1, 0.15) is 19.5 Å². The van der Waals surface area contributed by atoms with Crippen molar-refractivity contribution in [2.75, 3.05) is 0 Å². The zero-order chi connectivity index (χ0) is 17.3. The lowest BCUT2D eigenvalue weighted by atomic mass is 9.82. The van der Waals surface area contributed by atoms with E-state index in [9.17, 15) is 0 Å². The first-order valence-corrected chi connectivity index (χ1v) is 9.80. The van der Waals surface area contributed by atoms with Gasteiger partial charge in [-0.05, 0) is 0 Å². The molecule has 0 amide bonds. The Morgan fingerprint density at radius 2 is 0.818 bits per heavy atom. The summed E-state index contributed by atoms with van der Waals surface area (Å²) >= 11 is 76.8. The van der Waals surface area contributed by atoms with Crippen LogP contribution in [-0.4, -0.2) is 28.2 Å². The van der Waals surface area contributed by atoms with E-state index in [1.807, 2.05) is 0 Å². The molecule has 124 valence electrons. The van der Waals surface area contributed by atoms with E-state index >= 15 is 0 Å². The van der Waals surface area contributed by atoms with Gasteiger partial charge in [0, 0.05) is 0 Å². The molecule has 12 heteroatoms. The molecule has 0 aromatic heterocycles. The summed E-state index contributed by atoms with van der Waals surface area (Å²) in [6, 6.07) is 0. The molecule has 3 aliphatic carbocycles. The Balaban J connectivity index is 2.57. The molecule has 3 aliphatic rings. The SMILES string of the molecule is ClC1=C(Cl)[C@@]2(Cl)[C@@](Cl)(C1(Cl)Cl)[C@]1(Cl)C(Cl)=C(Cl)[C@@]2(Cl)C1(Cl)Cl. The van der Waals surface area contributed by atoms with Crippen LogP contribution in [0.3, 0.4) is 0 Å². The highest BCUT2D eigenvalue weighted by molar-refractivity contribution is 6.75. The van der Waals surface area contributed by atoms with Crippen LogP contribution in [0.25, 0.3) is 0 Å². The van der Waals surface area contributed by atoms with Crippen LogP contribution < -0.4 is 0 Å². The summed E-state index contributed by atoms with van der Waals surface area (Å²) in [5, 5.41) is -0.974. The van der Waals surface area contributed by atoms with Gasteiger partial charge < -0.3 is 0 Å². The van der Waals surface area contributed by atoms with E-state index in [-0.39, 0.29) is 20.1 Å². The normalized spacial score (nSPS) is 51.8. The van der Waals surface area contributed by atoms with Gasteiger partial charge in [-0.3, -0.25) is 0 Å². The van der Waals surface area contributed by atoms with Crippen molar-refractivity contribution in [1.82, 2.24) is 0 Å². The molecule has 1 saturated carbocycles. The number of rotatable bonds is 0. The molecular formula is C10Cl12. The van der Waals surface area contributed by atoms with Crippen molar-refractivity contribution in [3.05, 3.63) is 20.1 Å². The van der Waals surface area contributed by atoms with Crippen LogP contribution in [0.5, 0.6) is 0 Å². The Labute approximate surface area is 185 Å². The third-order valence-corrected chi connectivity index (χ3v) is 12.9. The van der Waals surface area contributed by atoms with E-state index < -0.39 is 28.2 Å². The Hall–Kier alpha value is 2.96. The van der Waals surface area contributed by atoms with E-state index in [0.29, 0.717) is 0 Å². The highest BCUT2D eigenvalue weighted by Crippen LogP contribution is 2.88. The molecule has 0 heterocycles. The molecule has 1 fully saturated rings. The van der Waals surface area contributed by atoms with Crippen molar-refractivity contribution >= 4 is 139 Å². The monoisotopic (exact) mass is 540 g/mol. The van der Waals surface area contributed by atoms with Gasteiger partial charge in [0.15, 0.2) is 8.67 Å². The molecule has 0 aromatic carbocycles. The topological polar surface area (TPSA) is 0 Å².